The fourth-order valence-electron chi connectivity index (χ4n) is 4.97. The van der Waals surface area contributed by atoms with Crippen LogP contribution in [-0.4, -0.2) is 33.5 Å². The third kappa shape index (κ3) is 5.50. The van der Waals surface area contributed by atoms with Gasteiger partial charge >= 0.3 is 0 Å². The van der Waals surface area contributed by atoms with Gasteiger partial charge in [0.15, 0.2) is 0 Å². The lowest BCUT2D eigenvalue weighted by atomic mass is 9.87. The first-order valence-corrected chi connectivity index (χ1v) is 13.7. The molecule has 6 rings (SSSR count). The number of nitriles is 1. The molecule has 1 aliphatic heterocycles. The second-order valence-corrected chi connectivity index (χ2v) is 9.97. The zero-order valence-corrected chi connectivity index (χ0v) is 23.3. The first-order chi connectivity index (χ1) is 21.0. The van der Waals surface area contributed by atoms with Crippen LogP contribution in [0.5, 0.6) is 5.75 Å². The first-order valence-electron chi connectivity index (χ1n) is 13.7. The zero-order chi connectivity index (χ0) is 29.8. The molecule has 0 fully saturated rings. The number of benzene rings is 4. The lowest BCUT2D eigenvalue weighted by molar-refractivity contribution is -0.138. The molecule has 1 aromatic heterocycles. The number of nitrogens with zero attached hydrogens (tertiary/aromatic N) is 4. The van der Waals surface area contributed by atoms with Crippen molar-refractivity contribution >= 4 is 23.5 Å². The van der Waals surface area contributed by atoms with E-state index in [0.717, 1.165) is 21.7 Å². The average Bonchev–Trinajstić information content (AvgIpc) is 3.49. The van der Waals surface area contributed by atoms with Gasteiger partial charge in [0.25, 0.3) is 11.8 Å². The van der Waals surface area contributed by atoms with E-state index < -0.39 is 11.8 Å². The van der Waals surface area contributed by atoms with E-state index in [1.165, 1.54) is 7.05 Å². The van der Waals surface area contributed by atoms with Crippen molar-refractivity contribution < 1.29 is 14.3 Å². The Labute approximate surface area is 249 Å². The largest absolute Gasteiger partial charge is 0.489 e. The van der Waals surface area contributed by atoms with Crippen molar-refractivity contribution in [2.45, 2.75) is 6.61 Å². The van der Waals surface area contributed by atoms with E-state index in [1.807, 2.05) is 115 Å². The number of hydrogen-bond acceptors (Lipinski definition) is 5. The summed E-state index contributed by atoms with van der Waals surface area (Å²) in [6, 6.07) is 38.3. The second-order valence-electron chi connectivity index (χ2n) is 9.97. The first kappa shape index (κ1) is 27.2. The highest BCUT2D eigenvalue weighted by molar-refractivity contribution is 6.28. The Bertz CT molecular complexity index is 1900. The highest BCUT2D eigenvalue weighted by Crippen LogP contribution is 2.36. The summed E-state index contributed by atoms with van der Waals surface area (Å²) in [5.74, 6) is -0.411. The smallest absolute Gasteiger partial charge is 0.271 e. The number of hydrogen-bond donors (Lipinski definition) is 0. The summed E-state index contributed by atoms with van der Waals surface area (Å²) in [7, 11) is 1.39. The van der Waals surface area contributed by atoms with Gasteiger partial charge in [0.2, 0.25) is 0 Å². The molecule has 0 radical (unpaired) electrons. The van der Waals surface area contributed by atoms with Gasteiger partial charge in [-0.3, -0.25) is 14.5 Å². The van der Waals surface area contributed by atoms with Crippen molar-refractivity contribution in [3.63, 3.8) is 0 Å². The number of ether oxygens (including phenoxy) is 1. The fraction of sp³-hybridized carbons (Fsp3) is 0.0556. The van der Waals surface area contributed by atoms with E-state index in [-0.39, 0.29) is 11.1 Å². The maximum absolute atomic E-state index is 13.6. The van der Waals surface area contributed by atoms with Gasteiger partial charge in [-0.15, -0.1) is 0 Å². The number of carbonyl (C=O) groups is 2. The van der Waals surface area contributed by atoms with Crippen LogP contribution in [-0.2, 0) is 16.2 Å². The van der Waals surface area contributed by atoms with Crippen molar-refractivity contribution in [3.8, 4) is 28.8 Å². The molecule has 2 amide bonds. The molecule has 0 unspecified atom stereocenters. The Morgan fingerprint density at radius 1 is 0.791 bits per heavy atom. The van der Waals surface area contributed by atoms with Crippen LogP contribution < -0.4 is 4.74 Å². The molecule has 0 atom stereocenters. The third-order valence-electron chi connectivity index (χ3n) is 7.19. The lowest BCUT2D eigenvalue weighted by Crippen LogP contribution is -2.39. The maximum Gasteiger partial charge on any atom is 0.271 e. The average molecular weight is 563 g/mol. The SMILES string of the molecule is CN1C(=O)C(=Cc2cn(-c3ccccc3)nc2-c2ccc(OCc3ccccc3)cc2)C(c2ccccc2)=C(C#N)C1=O. The Hall–Kier alpha value is -6.00. The van der Waals surface area contributed by atoms with Crippen LogP contribution in [0.4, 0.5) is 0 Å². The normalized spacial score (nSPS) is 14.2. The molecule has 43 heavy (non-hydrogen) atoms. The van der Waals surface area contributed by atoms with Gasteiger partial charge < -0.3 is 4.74 Å². The molecule has 0 saturated carbocycles. The van der Waals surface area contributed by atoms with Crippen LogP contribution >= 0.6 is 0 Å². The van der Waals surface area contributed by atoms with E-state index >= 15 is 0 Å². The minimum Gasteiger partial charge on any atom is -0.489 e. The van der Waals surface area contributed by atoms with Gasteiger partial charge in [0.05, 0.1) is 17.0 Å². The Balaban J connectivity index is 1.46. The monoisotopic (exact) mass is 562 g/mol. The zero-order valence-electron chi connectivity index (χ0n) is 23.3. The molecule has 208 valence electrons. The predicted octanol–water partition coefficient (Wildman–Crippen LogP) is 6.48. The molecule has 0 N–H and O–H groups in total. The summed E-state index contributed by atoms with van der Waals surface area (Å²) < 4.78 is 7.73. The van der Waals surface area contributed by atoms with Gasteiger partial charge in [0, 0.05) is 29.9 Å². The molecule has 5 aromatic rings. The van der Waals surface area contributed by atoms with E-state index in [4.69, 9.17) is 9.84 Å². The predicted molar refractivity (Wildman–Crippen MR) is 165 cm³/mol. The van der Waals surface area contributed by atoms with E-state index in [2.05, 4.69) is 0 Å². The van der Waals surface area contributed by atoms with E-state index in [9.17, 15) is 14.9 Å². The third-order valence-corrected chi connectivity index (χ3v) is 7.19. The Kier molecular flexibility index (Phi) is 7.49. The minimum absolute atomic E-state index is 0.0866. The molecule has 0 aliphatic carbocycles. The van der Waals surface area contributed by atoms with Gasteiger partial charge in [-0.1, -0.05) is 78.9 Å². The molecule has 2 heterocycles. The number of rotatable bonds is 7. The quantitative estimate of drug-likeness (QED) is 0.167. The number of aromatic nitrogens is 2. The van der Waals surface area contributed by atoms with E-state index in [0.29, 0.717) is 34.8 Å². The summed E-state index contributed by atoms with van der Waals surface area (Å²) in [6.45, 7) is 0.449. The van der Waals surface area contributed by atoms with Crippen LogP contribution in [0.25, 0.3) is 28.6 Å². The second kappa shape index (κ2) is 11.9. The lowest BCUT2D eigenvalue weighted by Gasteiger charge is -2.25. The van der Waals surface area contributed by atoms with E-state index in [1.54, 1.807) is 22.9 Å². The summed E-state index contributed by atoms with van der Waals surface area (Å²) in [6.07, 6.45) is 3.56. The molecule has 4 aromatic carbocycles. The summed E-state index contributed by atoms with van der Waals surface area (Å²) >= 11 is 0. The Morgan fingerprint density at radius 3 is 2.07 bits per heavy atom. The highest BCUT2D eigenvalue weighted by Gasteiger charge is 2.36. The fourth-order valence-corrected chi connectivity index (χ4v) is 4.97. The van der Waals surface area contributed by atoms with Crippen molar-refractivity contribution in [2.75, 3.05) is 7.05 Å². The number of carbonyl (C=O) groups excluding carboxylic acids is 2. The topological polar surface area (TPSA) is 88.2 Å². The van der Waals surface area contributed by atoms with Crippen LogP contribution in [0.1, 0.15) is 16.7 Å². The van der Waals surface area contributed by atoms with Crippen LogP contribution in [0.15, 0.2) is 133 Å². The van der Waals surface area contributed by atoms with Crippen LogP contribution in [0.2, 0.25) is 0 Å². The summed E-state index contributed by atoms with van der Waals surface area (Å²) in [5.41, 5.74) is 5.07. The Morgan fingerprint density at radius 2 is 1.42 bits per heavy atom. The minimum atomic E-state index is -0.630. The number of amides is 2. The molecule has 0 spiro atoms. The van der Waals surface area contributed by atoms with Crippen molar-refractivity contribution in [3.05, 3.63) is 149 Å². The van der Waals surface area contributed by atoms with Gasteiger partial charge in [0.1, 0.15) is 24.0 Å². The van der Waals surface area contributed by atoms with Crippen molar-refractivity contribution in [1.82, 2.24) is 14.7 Å². The molecule has 7 nitrogen and oxygen atoms in total. The summed E-state index contributed by atoms with van der Waals surface area (Å²) in [5, 5.41) is 14.9. The molecule has 0 saturated heterocycles. The molecule has 0 bridgehead atoms. The number of para-hydroxylation sites is 1. The highest BCUT2D eigenvalue weighted by atomic mass is 16.5. The van der Waals surface area contributed by atoms with Crippen molar-refractivity contribution in [2.24, 2.45) is 0 Å². The van der Waals surface area contributed by atoms with Gasteiger partial charge in [-0.2, -0.15) is 10.4 Å². The van der Waals surface area contributed by atoms with Gasteiger partial charge in [-0.25, -0.2) is 4.68 Å². The number of likely N-dealkylation sites (N-methyl/N-ethyl adjacent to an activating group) is 1. The molecule has 1 aliphatic rings. The summed E-state index contributed by atoms with van der Waals surface area (Å²) in [4.78, 5) is 27.5. The van der Waals surface area contributed by atoms with Crippen molar-refractivity contribution in [1.29, 1.82) is 5.26 Å². The van der Waals surface area contributed by atoms with Gasteiger partial charge in [-0.05, 0) is 53.6 Å². The van der Waals surface area contributed by atoms with Crippen LogP contribution in [0.3, 0.4) is 0 Å². The molecular formula is C36H26N4O3. The standard InChI is InChI=1S/C36H26N4O3/c1-39-35(41)31(33(32(22-37)36(39)42)26-13-7-3-8-14-26)21-28-23-40(29-15-9-4-10-16-29)38-34(28)27-17-19-30(20-18-27)43-24-25-11-5-2-6-12-25/h2-21,23H,24H2,1H3. The molecule has 7 heteroatoms. The maximum atomic E-state index is 13.6. The molecular weight excluding hydrogens is 536 g/mol. The van der Waals surface area contributed by atoms with Crippen LogP contribution in [0, 0.1) is 11.3 Å². The number of imide groups is 1.